The summed E-state index contributed by atoms with van der Waals surface area (Å²) in [6.07, 6.45) is 6.69. The van der Waals surface area contributed by atoms with Crippen LogP contribution in [0, 0.1) is 0 Å². The predicted octanol–water partition coefficient (Wildman–Crippen LogP) is 3.95. The molecule has 2 N–H and O–H groups in total. The average Bonchev–Trinajstić information content (AvgIpc) is 2.94. The van der Waals surface area contributed by atoms with Gasteiger partial charge in [0.1, 0.15) is 0 Å². The van der Waals surface area contributed by atoms with E-state index >= 15 is 0 Å². The molecule has 0 aliphatic heterocycles. The summed E-state index contributed by atoms with van der Waals surface area (Å²) in [7, 11) is 1.65. The van der Waals surface area contributed by atoms with Crippen LogP contribution in [-0.2, 0) is 6.42 Å². The van der Waals surface area contributed by atoms with Crippen molar-refractivity contribution in [1.82, 2.24) is 0 Å². The molecular formula is C16H24ClNO2. The van der Waals surface area contributed by atoms with Crippen LogP contribution in [0.15, 0.2) is 12.1 Å². The molecule has 0 spiro atoms. The molecule has 0 saturated heterocycles. The van der Waals surface area contributed by atoms with Gasteiger partial charge in [0.05, 0.1) is 13.2 Å². The van der Waals surface area contributed by atoms with Crippen LogP contribution in [0.4, 0.5) is 0 Å². The van der Waals surface area contributed by atoms with Crippen molar-refractivity contribution in [2.45, 2.75) is 57.6 Å². The zero-order chi connectivity index (χ0) is 14.5. The highest BCUT2D eigenvalue weighted by atomic mass is 35.5. The average molecular weight is 298 g/mol. The van der Waals surface area contributed by atoms with E-state index < -0.39 is 0 Å². The van der Waals surface area contributed by atoms with Gasteiger partial charge >= 0.3 is 0 Å². The fraction of sp³-hybridized carbons (Fsp3) is 0.625. The normalized spacial score (nSPS) is 17.2. The predicted molar refractivity (Wildman–Crippen MR) is 82.9 cm³/mol. The van der Waals surface area contributed by atoms with Gasteiger partial charge in [-0.2, -0.15) is 0 Å². The van der Waals surface area contributed by atoms with Gasteiger partial charge in [-0.25, -0.2) is 0 Å². The summed E-state index contributed by atoms with van der Waals surface area (Å²) in [6.45, 7) is 2.09. The second-order valence-corrected chi connectivity index (χ2v) is 5.93. The van der Waals surface area contributed by atoms with Gasteiger partial charge in [0, 0.05) is 22.7 Å². The zero-order valence-corrected chi connectivity index (χ0v) is 13.1. The minimum atomic E-state index is 0.115. The Labute approximate surface area is 126 Å². The van der Waals surface area contributed by atoms with Crippen LogP contribution in [0.1, 0.15) is 44.6 Å². The summed E-state index contributed by atoms with van der Waals surface area (Å²) in [4.78, 5) is 0. The van der Waals surface area contributed by atoms with E-state index in [1.54, 1.807) is 7.11 Å². The number of hydrogen-bond donors (Lipinski definition) is 1. The summed E-state index contributed by atoms with van der Waals surface area (Å²) >= 11 is 6.17. The van der Waals surface area contributed by atoms with Gasteiger partial charge in [-0.1, -0.05) is 18.5 Å². The first-order valence-corrected chi connectivity index (χ1v) is 7.80. The Morgan fingerprint density at radius 2 is 2.05 bits per heavy atom. The van der Waals surface area contributed by atoms with Gasteiger partial charge in [-0.3, -0.25) is 0 Å². The van der Waals surface area contributed by atoms with Crippen molar-refractivity contribution < 1.29 is 9.47 Å². The highest BCUT2D eigenvalue weighted by Gasteiger charge is 2.21. The summed E-state index contributed by atoms with van der Waals surface area (Å²) in [5.41, 5.74) is 7.14. The Hall–Kier alpha value is -0.930. The minimum Gasteiger partial charge on any atom is -0.493 e. The summed E-state index contributed by atoms with van der Waals surface area (Å²) in [5, 5.41) is 0.666. The Morgan fingerprint density at radius 3 is 2.65 bits per heavy atom. The molecule has 0 bridgehead atoms. The first-order chi connectivity index (χ1) is 9.63. The molecule has 0 aromatic heterocycles. The van der Waals surface area contributed by atoms with Gasteiger partial charge in [0.15, 0.2) is 11.5 Å². The standard InChI is InChI=1S/C16H24ClNO2/c1-3-13(18)9-11-8-12(17)10-15(19-2)16(11)20-14-6-4-5-7-14/h8,10,13-14H,3-7,9,18H2,1-2H3. The highest BCUT2D eigenvalue weighted by Crippen LogP contribution is 2.38. The van der Waals surface area contributed by atoms with Crippen molar-refractivity contribution in [1.29, 1.82) is 0 Å². The molecule has 1 aliphatic carbocycles. The molecule has 1 atom stereocenters. The lowest BCUT2D eigenvalue weighted by Gasteiger charge is -2.21. The molecule has 2 rings (SSSR count). The maximum atomic E-state index is 6.19. The molecule has 1 aromatic rings. The van der Waals surface area contributed by atoms with Crippen LogP contribution in [0.2, 0.25) is 5.02 Å². The second-order valence-electron chi connectivity index (χ2n) is 5.49. The first-order valence-electron chi connectivity index (χ1n) is 7.42. The van der Waals surface area contributed by atoms with Crippen molar-refractivity contribution in [2.75, 3.05) is 7.11 Å². The number of hydrogen-bond acceptors (Lipinski definition) is 3. The molecule has 1 unspecified atom stereocenters. The molecule has 0 heterocycles. The lowest BCUT2D eigenvalue weighted by Crippen LogP contribution is -2.22. The third-order valence-electron chi connectivity index (χ3n) is 3.91. The molecule has 1 saturated carbocycles. The Balaban J connectivity index is 2.28. The second kappa shape index (κ2) is 7.19. The first kappa shape index (κ1) is 15.5. The highest BCUT2D eigenvalue weighted by molar-refractivity contribution is 6.30. The van der Waals surface area contributed by atoms with E-state index in [1.807, 2.05) is 12.1 Å². The third kappa shape index (κ3) is 3.80. The number of halogens is 1. The summed E-state index contributed by atoms with van der Waals surface area (Å²) < 4.78 is 11.6. The minimum absolute atomic E-state index is 0.115. The summed E-state index contributed by atoms with van der Waals surface area (Å²) in [6, 6.07) is 3.88. The molecule has 112 valence electrons. The smallest absolute Gasteiger partial charge is 0.164 e. The van der Waals surface area contributed by atoms with Crippen LogP contribution < -0.4 is 15.2 Å². The molecule has 1 aliphatic rings. The van der Waals surface area contributed by atoms with Gasteiger partial charge in [0.25, 0.3) is 0 Å². The van der Waals surface area contributed by atoms with Crippen LogP contribution >= 0.6 is 11.6 Å². The molecule has 0 amide bonds. The van der Waals surface area contributed by atoms with Crippen molar-refractivity contribution in [3.05, 3.63) is 22.7 Å². The van der Waals surface area contributed by atoms with Gasteiger partial charge < -0.3 is 15.2 Å². The summed E-state index contributed by atoms with van der Waals surface area (Å²) in [5.74, 6) is 1.54. The number of ether oxygens (including phenoxy) is 2. The molecular weight excluding hydrogens is 274 g/mol. The monoisotopic (exact) mass is 297 g/mol. The third-order valence-corrected chi connectivity index (χ3v) is 4.13. The molecule has 20 heavy (non-hydrogen) atoms. The SMILES string of the molecule is CCC(N)Cc1cc(Cl)cc(OC)c1OC1CCCC1. The van der Waals surface area contributed by atoms with Crippen LogP contribution in [0.3, 0.4) is 0 Å². The topological polar surface area (TPSA) is 44.5 Å². The Morgan fingerprint density at radius 1 is 1.35 bits per heavy atom. The molecule has 1 aromatic carbocycles. The van der Waals surface area contributed by atoms with E-state index in [0.717, 1.165) is 37.0 Å². The zero-order valence-electron chi connectivity index (χ0n) is 12.3. The fourth-order valence-electron chi connectivity index (χ4n) is 2.66. The molecule has 1 fully saturated rings. The van der Waals surface area contributed by atoms with Gasteiger partial charge in [0.2, 0.25) is 0 Å². The maximum Gasteiger partial charge on any atom is 0.164 e. The number of methoxy groups -OCH3 is 1. The van der Waals surface area contributed by atoms with Crippen LogP contribution in [0.5, 0.6) is 11.5 Å². The van der Waals surface area contributed by atoms with E-state index in [0.29, 0.717) is 16.9 Å². The van der Waals surface area contributed by atoms with Crippen molar-refractivity contribution >= 4 is 11.6 Å². The van der Waals surface area contributed by atoms with Crippen molar-refractivity contribution in [3.8, 4) is 11.5 Å². The van der Waals surface area contributed by atoms with Crippen molar-refractivity contribution in [3.63, 3.8) is 0 Å². The van der Waals surface area contributed by atoms with Crippen molar-refractivity contribution in [2.24, 2.45) is 5.73 Å². The largest absolute Gasteiger partial charge is 0.493 e. The Bertz CT molecular complexity index is 444. The van der Waals surface area contributed by atoms with Crippen LogP contribution in [-0.4, -0.2) is 19.3 Å². The number of nitrogens with two attached hydrogens (primary N) is 1. The maximum absolute atomic E-state index is 6.19. The van der Waals surface area contributed by atoms with E-state index in [1.165, 1.54) is 12.8 Å². The van der Waals surface area contributed by atoms with Crippen LogP contribution in [0.25, 0.3) is 0 Å². The lowest BCUT2D eigenvalue weighted by molar-refractivity contribution is 0.198. The Kier molecular flexibility index (Phi) is 5.55. The lowest BCUT2D eigenvalue weighted by atomic mass is 10.0. The van der Waals surface area contributed by atoms with E-state index in [-0.39, 0.29) is 6.04 Å². The van der Waals surface area contributed by atoms with Gasteiger partial charge in [-0.05, 0) is 44.6 Å². The van der Waals surface area contributed by atoms with E-state index in [9.17, 15) is 0 Å². The molecule has 3 nitrogen and oxygen atoms in total. The van der Waals surface area contributed by atoms with E-state index in [2.05, 4.69) is 6.92 Å². The van der Waals surface area contributed by atoms with E-state index in [4.69, 9.17) is 26.8 Å². The number of rotatable bonds is 6. The number of benzene rings is 1. The quantitative estimate of drug-likeness (QED) is 0.864. The van der Waals surface area contributed by atoms with Gasteiger partial charge in [-0.15, -0.1) is 0 Å². The fourth-order valence-corrected chi connectivity index (χ4v) is 2.89. The molecule has 0 radical (unpaired) electrons. The molecule has 4 heteroatoms.